The van der Waals surface area contributed by atoms with Gasteiger partial charge in [0.25, 0.3) is 0 Å². The largest absolute Gasteiger partial charge is 0.324 e. The standard InChI is InChI=1S/C18H21N5OS/c1-3-6-16-20-22(18(25)23(16)21-11-4-5-12-21)13-17(24)19-15-9-7-14(2)8-10-15/h4-5,7-12H,3,6,13H2,1-2H3,(H,19,24). The Labute approximate surface area is 151 Å². The first-order valence-electron chi connectivity index (χ1n) is 8.27. The van der Waals surface area contributed by atoms with Crippen molar-refractivity contribution in [3.8, 4) is 0 Å². The number of aromatic nitrogens is 4. The Bertz CT molecular complexity index is 906. The van der Waals surface area contributed by atoms with Gasteiger partial charge in [-0.2, -0.15) is 5.10 Å². The average Bonchev–Trinajstić information content (AvgIpc) is 3.19. The summed E-state index contributed by atoms with van der Waals surface area (Å²) in [6.07, 6.45) is 5.55. The highest BCUT2D eigenvalue weighted by Crippen LogP contribution is 2.10. The summed E-state index contributed by atoms with van der Waals surface area (Å²) in [6, 6.07) is 11.5. The Balaban J connectivity index is 1.82. The maximum absolute atomic E-state index is 12.3. The summed E-state index contributed by atoms with van der Waals surface area (Å²) in [5, 5.41) is 7.42. The Morgan fingerprint density at radius 3 is 2.52 bits per heavy atom. The van der Waals surface area contributed by atoms with Gasteiger partial charge in [-0.1, -0.05) is 24.6 Å². The SMILES string of the molecule is CCCc1nn(CC(=O)Nc2ccc(C)cc2)c(=S)n1-n1cccc1. The summed E-state index contributed by atoms with van der Waals surface area (Å²) in [7, 11) is 0. The van der Waals surface area contributed by atoms with Crippen LogP contribution in [0.15, 0.2) is 48.8 Å². The van der Waals surface area contributed by atoms with Crippen molar-refractivity contribution in [3.05, 3.63) is 65.0 Å². The molecule has 0 spiro atoms. The smallest absolute Gasteiger partial charge is 0.246 e. The minimum absolute atomic E-state index is 0.0810. The third-order valence-electron chi connectivity index (χ3n) is 3.80. The van der Waals surface area contributed by atoms with Crippen molar-refractivity contribution in [3.63, 3.8) is 0 Å². The molecule has 0 saturated carbocycles. The molecule has 2 aromatic heterocycles. The molecule has 0 bridgehead atoms. The number of amides is 1. The number of carbonyl (C=O) groups is 1. The van der Waals surface area contributed by atoms with Crippen molar-refractivity contribution < 1.29 is 4.79 Å². The summed E-state index contributed by atoms with van der Waals surface area (Å²) >= 11 is 5.54. The van der Waals surface area contributed by atoms with Gasteiger partial charge in [-0.3, -0.25) is 9.47 Å². The van der Waals surface area contributed by atoms with Crippen LogP contribution < -0.4 is 5.32 Å². The molecule has 2 heterocycles. The zero-order valence-corrected chi connectivity index (χ0v) is 15.2. The second-order valence-corrected chi connectivity index (χ2v) is 6.26. The zero-order valence-electron chi connectivity index (χ0n) is 14.3. The number of benzene rings is 1. The van der Waals surface area contributed by atoms with E-state index in [-0.39, 0.29) is 12.5 Å². The van der Waals surface area contributed by atoms with Crippen molar-refractivity contribution >= 4 is 23.8 Å². The van der Waals surface area contributed by atoms with Gasteiger partial charge in [0.2, 0.25) is 10.7 Å². The van der Waals surface area contributed by atoms with Crippen LogP contribution in [0.25, 0.3) is 0 Å². The molecule has 0 aliphatic carbocycles. The molecule has 1 amide bonds. The van der Waals surface area contributed by atoms with E-state index in [0.717, 1.165) is 29.9 Å². The van der Waals surface area contributed by atoms with Gasteiger partial charge in [0.05, 0.1) is 0 Å². The van der Waals surface area contributed by atoms with Gasteiger partial charge in [0.15, 0.2) is 5.82 Å². The van der Waals surface area contributed by atoms with Gasteiger partial charge in [-0.15, -0.1) is 0 Å². The molecule has 3 rings (SSSR count). The first kappa shape index (κ1) is 17.2. The van der Waals surface area contributed by atoms with Crippen LogP contribution in [-0.2, 0) is 17.8 Å². The first-order chi connectivity index (χ1) is 12.1. The Kier molecular flexibility index (Phi) is 5.14. The van der Waals surface area contributed by atoms with Crippen molar-refractivity contribution in [1.82, 2.24) is 19.1 Å². The number of carbonyl (C=O) groups excluding carboxylic acids is 1. The minimum atomic E-state index is -0.153. The van der Waals surface area contributed by atoms with Gasteiger partial charge < -0.3 is 5.32 Å². The van der Waals surface area contributed by atoms with Crippen molar-refractivity contribution in [2.75, 3.05) is 5.32 Å². The first-order valence-corrected chi connectivity index (χ1v) is 8.68. The van der Waals surface area contributed by atoms with Gasteiger partial charge in [-0.05, 0) is 49.8 Å². The van der Waals surface area contributed by atoms with Crippen LogP contribution in [0, 0.1) is 11.7 Å². The third kappa shape index (κ3) is 3.88. The van der Waals surface area contributed by atoms with Crippen LogP contribution in [0.1, 0.15) is 24.7 Å². The van der Waals surface area contributed by atoms with Crippen LogP contribution in [0.4, 0.5) is 5.69 Å². The number of anilines is 1. The zero-order chi connectivity index (χ0) is 17.8. The van der Waals surface area contributed by atoms with E-state index < -0.39 is 0 Å². The maximum Gasteiger partial charge on any atom is 0.246 e. The highest BCUT2D eigenvalue weighted by atomic mass is 32.1. The highest BCUT2D eigenvalue weighted by molar-refractivity contribution is 7.71. The predicted molar refractivity (Wildman–Crippen MR) is 100 cm³/mol. The van der Waals surface area contributed by atoms with E-state index in [1.807, 2.05) is 65.1 Å². The quantitative estimate of drug-likeness (QED) is 0.689. The second kappa shape index (κ2) is 7.48. The van der Waals surface area contributed by atoms with E-state index in [1.54, 1.807) is 4.68 Å². The second-order valence-electron chi connectivity index (χ2n) is 5.90. The lowest BCUT2D eigenvalue weighted by molar-refractivity contribution is -0.116. The van der Waals surface area contributed by atoms with Crippen LogP contribution >= 0.6 is 12.2 Å². The van der Waals surface area contributed by atoms with Crippen LogP contribution in [-0.4, -0.2) is 25.0 Å². The van der Waals surface area contributed by atoms with E-state index in [9.17, 15) is 4.79 Å². The Morgan fingerprint density at radius 1 is 1.20 bits per heavy atom. The normalized spacial score (nSPS) is 10.8. The Morgan fingerprint density at radius 2 is 1.88 bits per heavy atom. The minimum Gasteiger partial charge on any atom is -0.324 e. The van der Waals surface area contributed by atoms with E-state index in [4.69, 9.17) is 12.2 Å². The fraction of sp³-hybridized carbons (Fsp3) is 0.278. The molecule has 0 aliphatic rings. The lowest BCUT2D eigenvalue weighted by Crippen LogP contribution is -2.20. The monoisotopic (exact) mass is 355 g/mol. The number of aryl methyl sites for hydroxylation is 2. The molecule has 0 unspecified atom stereocenters. The van der Waals surface area contributed by atoms with Gasteiger partial charge >= 0.3 is 0 Å². The van der Waals surface area contributed by atoms with Crippen molar-refractivity contribution in [2.45, 2.75) is 33.2 Å². The maximum atomic E-state index is 12.3. The molecule has 25 heavy (non-hydrogen) atoms. The van der Waals surface area contributed by atoms with E-state index >= 15 is 0 Å². The molecule has 7 heteroatoms. The van der Waals surface area contributed by atoms with Gasteiger partial charge in [0.1, 0.15) is 6.54 Å². The number of nitrogens with one attached hydrogen (secondary N) is 1. The summed E-state index contributed by atoms with van der Waals surface area (Å²) < 4.78 is 5.81. The summed E-state index contributed by atoms with van der Waals surface area (Å²) in [6.45, 7) is 4.18. The molecular weight excluding hydrogens is 334 g/mol. The topological polar surface area (TPSA) is 56.8 Å². The Hall–Kier alpha value is -2.67. The molecule has 0 atom stereocenters. The summed E-state index contributed by atoms with van der Waals surface area (Å²) in [5.74, 6) is 0.687. The molecule has 3 aromatic rings. The molecule has 0 radical (unpaired) electrons. The molecule has 0 saturated heterocycles. The lowest BCUT2D eigenvalue weighted by Gasteiger charge is -2.07. The van der Waals surface area contributed by atoms with Gasteiger partial charge in [-0.25, -0.2) is 9.36 Å². The van der Waals surface area contributed by atoms with Gasteiger partial charge in [0, 0.05) is 24.5 Å². The van der Waals surface area contributed by atoms with Crippen LogP contribution in [0.5, 0.6) is 0 Å². The molecule has 0 fully saturated rings. The predicted octanol–water partition coefficient (Wildman–Crippen LogP) is 3.43. The van der Waals surface area contributed by atoms with Crippen LogP contribution in [0.3, 0.4) is 0 Å². The third-order valence-corrected chi connectivity index (χ3v) is 4.19. The number of rotatable bonds is 6. The van der Waals surface area contributed by atoms with E-state index in [0.29, 0.717) is 4.77 Å². The molecule has 1 aromatic carbocycles. The molecule has 130 valence electrons. The highest BCUT2D eigenvalue weighted by Gasteiger charge is 2.14. The summed E-state index contributed by atoms with van der Waals surface area (Å²) in [5.41, 5.74) is 1.91. The number of nitrogens with zero attached hydrogens (tertiary/aromatic N) is 4. The molecular formula is C18H21N5OS. The fourth-order valence-electron chi connectivity index (χ4n) is 2.59. The van der Waals surface area contributed by atoms with E-state index in [1.165, 1.54) is 0 Å². The number of hydrogen-bond acceptors (Lipinski definition) is 3. The van der Waals surface area contributed by atoms with Crippen molar-refractivity contribution in [1.29, 1.82) is 0 Å². The van der Waals surface area contributed by atoms with E-state index in [2.05, 4.69) is 17.3 Å². The number of hydrogen-bond donors (Lipinski definition) is 1. The lowest BCUT2D eigenvalue weighted by atomic mass is 10.2. The molecule has 6 nitrogen and oxygen atoms in total. The molecule has 0 aliphatic heterocycles. The van der Waals surface area contributed by atoms with Crippen LogP contribution in [0.2, 0.25) is 0 Å². The average molecular weight is 355 g/mol. The summed E-state index contributed by atoms with van der Waals surface area (Å²) in [4.78, 5) is 12.3. The van der Waals surface area contributed by atoms with Crippen molar-refractivity contribution in [2.24, 2.45) is 0 Å². The molecule has 1 N–H and O–H groups in total. The fourth-order valence-corrected chi connectivity index (χ4v) is 2.90.